The maximum atomic E-state index is 11.8. The second-order valence-corrected chi connectivity index (χ2v) is 12.0. The fourth-order valence-electron chi connectivity index (χ4n) is 6.63. The van der Waals surface area contributed by atoms with Crippen molar-refractivity contribution in [2.45, 2.75) is 58.2 Å². The molecule has 0 amide bonds. The van der Waals surface area contributed by atoms with Gasteiger partial charge in [-0.1, -0.05) is 55.3 Å². The monoisotopic (exact) mass is 574 g/mol. The van der Waals surface area contributed by atoms with Crippen LogP contribution in [0.1, 0.15) is 51.1 Å². The van der Waals surface area contributed by atoms with Crippen LogP contribution >= 0.6 is 0 Å². The Labute approximate surface area is 244 Å². The van der Waals surface area contributed by atoms with Crippen molar-refractivity contribution in [3.63, 3.8) is 0 Å². The van der Waals surface area contributed by atoms with Gasteiger partial charge in [0.05, 0.1) is 32.0 Å². The summed E-state index contributed by atoms with van der Waals surface area (Å²) in [4.78, 5) is 34.2. The quantitative estimate of drug-likeness (QED) is 0.363. The lowest BCUT2D eigenvalue weighted by atomic mass is 9.83. The Hall–Kier alpha value is -3.77. The molecule has 2 atom stereocenters. The Morgan fingerprint density at radius 1 is 1.00 bits per heavy atom. The van der Waals surface area contributed by atoms with Crippen LogP contribution < -0.4 is 15.6 Å². The van der Waals surface area contributed by atoms with Crippen molar-refractivity contribution in [3.05, 3.63) is 46.4 Å². The molecule has 5 heterocycles. The summed E-state index contributed by atoms with van der Waals surface area (Å²) in [5.41, 5.74) is 2.68. The first-order valence-electron chi connectivity index (χ1n) is 15.1. The van der Waals surface area contributed by atoms with Crippen molar-refractivity contribution in [2.75, 3.05) is 49.3 Å². The highest BCUT2D eigenvalue weighted by molar-refractivity contribution is 5.88. The first-order valence-corrected chi connectivity index (χ1v) is 15.1. The fourth-order valence-corrected chi connectivity index (χ4v) is 6.63. The Morgan fingerprint density at radius 3 is 2.60 bits per heavy atom. The van der Waals surface area contributed by atoms with E-state index in [0.29, 0.717) is 51.0 Å². The summed E-state index contributed by atoms with van der Waals surface area (Å²) in [6.07, 6.45) is 4.91. The maximum absolute atomic E-state index is 11.8. The molecule has 0 bridgehead atoms. The summed E-state index contributed by atoms with van der Waals surface area (Å²) >= 11 is 0. The predicted octanol–water partition coefficient (Wildman–Crippen LogP) is 3.80. The third-order valence-electron chi connectivity index (χ3n) is 8.90. The van der Waals surface area contributed by atoms with E-state index in [1.807, 2.05) is 6.07 Å². The molecule has 12 nitrogen and oxygen atoms in total. The number of morpholine rings is 2. The van der Waals surface area contributed by atoms with Crippen LogP contribution in [-0.2, 0) is 16.0 Å². The van der Waals surface area contributed by atoms with Crippen LogP contribution in [-0.4, -0.2) is 75.2 Å². The molecule has 1 unspecified atom stereocenters. The van der Waals surface area contributed by atoms with Gasteiger partial charge in [0, 0.05) is 26.2 Å². The Morgan fingerprint density at radius 2 is 1.83 bits per heavy atom. The summed E-state index contributed by atoms with van der Waals surface area (Å²) in [7, 11) is 0. The number of aromatic amines is 1. The van der Waals surface area contributed by atoms with E-state index in [9.17, 15) is 4.79 Å². The van der Waals surface area contributed by atoms with E-state index in [4.69, 9.17) is 28.9 Å². The zero-order valence-corrected chi connectivity index (χ0v) is 24.2. The second kappa shape index (κ2) is 11.5. The van der Waals surface area contributed by atoms with E-state index in [1.54, 1.807) is 0 Å². The van der Waals surface area contributed by atoms with Crippen LogP contribution in [0, 0.1) is 11.8 Å². The normalized spacial score (nSPS) is 25.3. The molecule has 3 fully saturated rings. The maximum Gasteiger partial charge on any atom is 0.439 e. The minimum absolute atomic E-state index is 0.0214. The van der Waals surface area contributed by atoms with Gasteiger partial charge in [0.2, 0.25) is 17.6 Å². The van der Waals surface area contributed by atoms with Crippen LogP contribution in [0.3, 0.4) is 0 Å². The minimum atomic E-state index is -0.646. The average molecular weight is 575 g/mol. The molecule has 0 radical (unpaired) electrons. The first kappa shape index (κ1) is 27.1. The van der Waals surface area contributed by atoms with E-state index in [1.165, 1.54) is 31.2 Å². The van der Waals surface area contributed by atoms with Crippen molar-refractivity contribution in [1.29, 1.82) is 0 Å². The smallest absolute Gasteiger partial charge is 0.377 e. The van der Waals surface area contributed by atoms with E-state index >= 15 is 0 Å². The standard InChI is InChI=1S/C30H38N8O4/c1-19-8-10-21(11-9-19)17-38-24-25(33-29(38)37-13-14-40-18-23(37)22-6-4-3-5-7-22)31-26(27-34-30(39)42-35-27)32-28(24)36-12-15-41-20(2)16-36/h3-7,19-21,23H,8-18H2,1-2H3,(H,34,35,39)/t19-,20?,21-,23-/m0/s1. The highest BCUT2D eigenvalue weighted by atomic mass is 16.5. The van der Waals surface area contributed by atoms with Gasteiger partial charge in [-0.05, 0) is 37.2 Å². The Kier molecular flexibility index (Phi) is 7.41. The largest absolute Gasteiger partial charge is 0.439 e. The number of ether oxygens (including phenoxy) is 2. The van der Waals surface area contributed by atoms with Crippen molar-refractivity contribution in [3.8, 4) is 11.6 Å². The lowest BCUT2D eigenvalue weighted by Crippen LogP contribution is -2.42. The topological polar surface area (TPSA) is 127 Å². The molecule has 3 aliphatic rings. The summed E-state index contributed by atoms with van der Waals surface area (Å²) in [5.74, 6) is 2.79. The molecule has 1 saturated carbocycles. The van der Waals surface area contributed by atoms with E-state index < -0.39 is 5.76 Å². The van der Waals surface area contributed by atoms with Crippen molar-refractivity contribution in [2.24, 2.45) is 11.8 Å². The summed E-state index contributed by atoms with van der Waals surface area (Å²) in [5, 5.41) is 3.89. The Bertz CT molecular complexity index is 1580. The number of fused-ring (bicyclic) bond motifs is 1. The van der Waals surface area contributed by atoms with E-state index in [2.05, 4.69) is 62.6 Å². The molecule has 2 saturated heterocycles. The number of nitrogens with one attached hydrogen (secondary N) is 1. The highest BCUT2D eigenvalue weighted by Gasteiger charge is 2.33. The molecular weight excluding hydrogens is 536 g/mol. The van der Waals surface area contributed by atoms with Gasteiger partial charge in [-0.2, -0.15) is 4.98 Å². The second-order valence-electron chi connectivity index (χ2n) is 12.0. The number of anilines is 2. The van der Waals surface area contributed by atoms with Crippen LogP contribution in [0.2, 0.25) is 0 Å². The molecule has 0 spiro atoms. The molecule has 2 aliphatic heterocycles. The zero-order chi connectivity index (χ0) is 28.6. The van der Waals surface area contributed by atoms with Gasteiger partial charge in [0.25, 0.3) is 0 Å². The molecule has 222 valence electrons. The number of imidazole rings is 1. The predicted molar refractivity (Wildman–Crippen MR) is 158 cm³/mol. The number of H-pyrrole nitrogens is 1. The average Bonchev–Trinajstić information content (AvgIpc) is 3.62. The van der Waals surface area contributed by atoms with Gasteiger partial charge < -0.3 is 23.8 Å². The third kappa shape index (κ3) is 5.29. The molecule has 12 heteroatoms. The van der Waals surface area contributed by atoms with E-state index in [-0.39, 0.29) is 23.8 Å². The van der Waals surface area contributed by atoms with Crippen LogP contribution in [0.5, 0.6) is 0 Å². The number of rotatable bonds is 6. The number of benzene rings is 1. The molecular formula is C30H38N8O4. The lowest BCUT2D eigenvalue weighted by molar-refractivity contribution is 0.0530. The molecule has 42 heavy (non-hydrogen) atoms. The van der Waals surface area contributed by atoms with Crippen LogP contribution in [0.15, 0.2) is 39.6 Å². The summed E-state index contributed by atoms with van der Waals surface area (Å²) < 4.78 is 19.0. The van der Waals surface area contributed by atoms with Crippen molar-refractivity contribution < 1.29 is 14.0 Å². The SMILES string of the molecule is CC1CN(c2nc(-c3noc(=O)[nH]3)nc3nc(N4CCOC[C@H]4c4ccccc4)n(C[C@H]4CC[C@H](C)CC4)c23)CCO1. The summed E-state index contributed by atoms with van der Waals surface area (Å²) in [6, 6.07) is 10.5. The first-order chi connectivity index (χ1) is 20.5. The van der Waals surface area contributed by atoms with Crippen molar-refractivity contribution in [1.82, 2.24) is 29.7 Å². The Balaban J connectivity index is 1.41. The van der Waals surface area contributed by atoms with Gasteiger partial charge in [-0.15, -0.1) is 0 Å². The molecule has 1 N–H and O–H groups in total. The van der Waals surface area contributed by atoms with E-state index in [0.717, 1.165) is 29.7 Å². The third-order valence-corrected chi connectivity index (χ3v) is 8.90. The van der Waals surface area contributed by atoms with Gasteiger partial charge >= 0.3 is 5.76 Å². The van der Waals surface area contributed by atoms with Crippen LogP contribution in [0.4, 0.5) is 11.8 Å². The van der Waals surface area contributed by atoms with Gasteiger partial charge in [0.15, 0.2) is 11.5 Å². The molecule has 3 aromatic heterocycles. The molecule has 4 aromatic rings. The number of hydrogen-bond donors (Lipinski definition) is 1. The number of aromatic nitrogens is 6. The molecule has 1 aromatic carbocycles. The van der Waals surface area contributed by atoms with Gasteiger partial charge in [-0.25, -0.2) is 14.8 Å². The fraction of sp³-hybridized carbons (Fsp3) is 0.567. The van der Waals surface area contributed by atoms with Gasteiger partial charge in [0.1, 0.15) is 5.52 Å². The minimum Gasteiger partial charge on any atom is -0.377 e. The highest BCUT2D eigenvalue weighted by Crippen LogP contribution is 2.38. The number of nitrogens with zero attached hydrogens (tertiary/aromatic N) is 7. The summed E-state index contributed by atoms with van der Waals surface area (Å²) in [6.45, 7) is 9.17. The van der Waals surface area contributed by atoms with Gasteiger partial charge in [-0.3, -0.25) is 9.51 Å². The van der Waals surface area contributed by atoms with Crippen LogP contribution in [0.25, 0.3) is 22.8 Å². The molecule has 1 aliphatic carbocycles. The molecule has 7 rings (SSSR count). The zero-order valence-electron chi connectivity index (χ0n) is 24.2. The number of hydrogen-bond acceptors (Lipinski definition) is 10. The lowest BCUT2D eigenvalue weighted by Gasteiger charge is -2.38. The van der Waals surface area contributed by atoms with Crippen molar-refractivity contribution >= 4 is 22.9 Å².